The number of amides is 1. The maximum absolute atomic E-state index is 12.6. The number of anilines is 1. The number of rotatable bonds is 4. The quantitative estimate of drug-likeness (QED) is 0.943. The summed E-state index contributed by atoms with van der Waals surface area (Å²) in [7, 11) is 0. The van der Waals surface area contributed by atoms with Crippen LogP contribution in [-0.2, 0) is 11.3 Å². The second-order valence-corrected chi connectivity index (χ2v) is 6.18. The average molecular weight is 310 g/mol. The Morgan fingerprint density at radius 3 is 2.70 bits per heavy atom. The van der Waals surface area contributed by atoms with Crippen molar-refractivity contribution in [3.63, 3.8) is 0 Å². The minimum absolute atomic E-state index is 0.133. The van der Waals surface area contributed by atoms with Crippen molar-refractivity contribution in [2.45, 2.75) is 39.8 Å². The Morgan fingerprint density at radius 2 is 1.96 bits per heavy atom. The second kappa shape index (κ2) is 6.36. The maximum atomic E-state index is 12.6. The number of likely N-dealkylation sites (tertiary alicyclic amines) is 1. The molecule has 0 bridgehead atoms. The molecule has 1 fully saturated rings. The van der Waals surface area contributed by atoms with Crippen LogP contribution in [0.2, 0.25) is 0 Å². The fourth-order valence-electron chi connectivity index (χ4n) is 2.78. The first-order chi connectivity index (χ1) is 11.0. The molecule has 120 valence electrons. The predicted molar refractivity (Wildman–Crippen MR) is 90.1 cm³/mol. The number of aryl methyl sites for hydroxylation is 3. The number of aromatic nitrogens is 2. The van der Waals surface area contributed by atoms with Crippen LogP contribution in [0.4, 0.5) is 5.82 Å². The standard InChI is InChI=1S/C18H22N4O/c1-12-4-6-15(7-5-12)11-22-9-8-16(18(22)23)21-17-14(3)19-10-13(2)20-17/h4-7,10,16H,8-9,11H2,1-3H3,(H,20,21). The summed E-state index contributed by atoms with van der Waals surface area (Å²) in [5, 5.41) is 3.26. The first-order valence-electron chi connectivity index (χ1n) is 7.94. The molecule has 1 atom stereocenters. The molecule has 1 N–H and O–H groups in total. The van der Waals surface area contributed by atoms with E-state index in [2.05, 4.69) is 46.5 Å². The van der Waals surface area contributed by atoms with Crippen molar-refractivity contribution in [2.24, 2.45) is 0 Å². The lowest BCUT2D eigenvalue weighted by molar-refractivity contribution is -0.128. The maximum Gasteiger partial charge on any atom is 0.245 e. The van der Waals surface area contributed by atoms with E-state index in [-0.39, 0.29) is 11.9 Å². The van der Waals surface area contributed by atoms with Crippen molar-refractivity contribution < 1.29 is 4.79 Å². The molecular formula is C18H22N4O. The van der Waals surface area contributed by atoms with Crippen molar-refractivity contribution in [2.75, 3.05) is 11.9 Å². The third kappa shape index (κ3) is 3.50. The van der Waals surface area contributed by atoms with Gasteiger partial charge in [-0.15, -0.1) is 0 Å². The Morgan fingerprint density at radius 1 is 1.22 bits per heavy atom. The summed E-state index contributed by atoms with van der Waals surface area (Å²) in [6, 6.07) is 8.11. The van der Waals surface area contributed by atoms with Gasteiger partial charge in [-0.2, -0.15) is 0 Å². The molecule has 1 aromatic carbocycles. The summed E-state index contributed by atoms with van der Waals surface area (Å²) in [5.74, 6) is 0.841. The molecule has 1 aliphatic heterocycles. The molecule has 2 heterocycles. The van der Waals surface area contributed by atoms with Gasteiger partial charge in [-0.25, -0.2) is 4.98 Å². The zero-order valence-corrected chi connectivity index (χ0v) is 13.8. The molecule has 5 heteroatoms. The summed E-state index contributed by atoms with van der Waals surface area (Å²) in [4.78, 5) is 23.2. The van der Waals surface area contributed by atoms with E-state index in [1.807, 2.05) is 18.7 Å². The molecule has 23 heavy (non-hydrogen) atoms. The molecule has 1 saturated heterocycles. The number of carbonyl (C=O) groups is 1. The first kappa shape index (κ1) is 15.5. The summed E-state index contributed by atoms with van der Waals surface area (Å²) in [5.41, 5.74) is 4.06. The molecule has 0 saturated carbocycles. The molecule has 1 aliphatic rings. The number of benzene rings is 1. The van der Waals surface area contributed by atoms with Crippen LogP contribution in [0.1, 0.15) is 28.9 Å². The van der Waals surface area contributed by atoms with Crippen molar-refractivity contribution >= 4 is 11.7 Å². The lowest BCUT2D eigenvalue weighted by atomic mass is 10.1. The summed E-state index contributed by atoms with van der Waals surface area (Å²) >= 11 is 0. The Kier molecular flexibility index (Phi) is 4.28. The van der Waals surface area contributed by atoms with Gasteiger partial charge in [-0.1, -0.05) is 29.8 Å². The van der Waals surface area contributed by atoms with Crippen LogP contribution in [0.25, 0.3) is 0 Å². The summed E-state index contributed by atoms with van der Waals surface area (Å²) in [6.45, 7) is 7.30. The monoisotopic (exact) mass is 310 g/mol. The van der Waals surface area contributed by atoms with E-state index in [0.29, 0.717) is 12.4 Å². The van der Waals surface area contributed by atoms with E-state index in [4.69, 9.17) is 0 Å². The fourth-order valence-corrected chi connectivity index (χ4v) is 2.78. The molecular weight excluding hydrogens is 288 g/mol. The van der Waals surface area contributed by atoms with E-state index < -0.39 is 0 Å². The SMILES string of the molecule is Cc1ccc(CN2CCC(Nc3nc(C)cnc3C)C2=O)cc1. The van der Waals surface area contributed by atoms with Gasteiger partial charge < -0.3 is 10.2 Å². The van der Waals surface area contributed by atoms with E-state index >= 15 is 0 Å². The number of nitrogens with one attached hydrogen (secondary N) is 1. The van der Waals surface area contributed by atoms with Gasteiger partial charge in [0.2, 0.25) is 5.91 Å². The molecule has 3 rings (SSSR count). The van der Waals surface area contributed by atoms with Gasteiger partial charge in [0.25, 0.3) is 0 Å². The van der Waals surface area contributed by atoms with Crippen LogP contribution < -0.4 is 5.32 Å². The Bertz CT molecular complexity index is 711. The molecule has 0 aliphatic carbocycles. The van der Waals surface area contributed by atoms with Crippen LogP contribution in [0.3, 0.4) is 0 Å². The number of carbonyl (C=O) groups excluding carboxylic acids is 1. The number of nitrogens with zero attached hydrogens (tertiary/aromatic N) is 3. The van der Waals surface area contributed by atoms with E-state index in [9.17, 15) is 4.79 Å². The molecule has 0 spiro atoms. The first-order valence-corrected chi connectivity index (χ1v) is 7.94. The van der Waals surface area contributed by atoms with Crippen LogP contribution in [-0.4, -0.2) is 33.4 Å². The normalized spacial score (nSPS) is 17.6. The predicted octanol–water partition coefficient (Wildman–Crippen LogP) is 2.61. The van der Waals surface area contributed by atoms with Crippen molar-refractivity contribution in [1.82, 2.24) is 14.9 Å². The van der Waals surface area contributed by atoms with E-state index in [1.54, 1.807) is 6.20 Å². The van der Waals surface area contributed by atoms with Gasteiger partial charge in [0, 0.05) is 19.3 Å². The smallest absolute Gasteiger partial charge is 0.245 e. The second-order valence-electron chi connectivity index (χ2n) is 6.18. The molecule has 5 nitrogen and oxygen atoms in total. The van der Waals surface area contributed by atoms with Gasteiger partial charge in [-0.05, 0) is 32.8 Å². The third-order valence-electron chi connectivity index (χ3n) is 4.18. The molecule has 1 amide bonds. The highest BCUT2D eigenvalue weighted by Crippen LogP contribution is 2.20. The highest BCUT2D eigenvalue weighted by molar-refractivity contribution is 5.86. The van der Waals surface area contributed by atoms with Gasteiger partial charge in [0.15, 0.2) is 0 Å². The number of hydrogen-bond acceptors (Lipinski definition) is 4. The van der Waals surface area contributed by atoms with Crippen molar-refractivity contribution in [3.8, 4) is 0 Å². The minimum atomic E-state index is -0.213. The van der Waals surface area contributed by atoms with Crippen LogP contribution in [0.15, 0.2) is 30.5 Å². The molecule has 2 aromatic rings. The van der Waals surface area contributed by atoms with Crippen LogP contribution >= 0.6 is 0 Å². The number of hydrogen-bond donors (Lipinski definition) is 1. The largest absolute Gasteiger partial charge is 0.357 e. The topological polar surface area (TPSA) is 58.1 Å². The summed E-state index contributed by atoms with van der Waals surface area (Å²) in [6.07, 6.45) is 2.53. The average Bonchev–Trinajstić information content (AvgIpc) is 2.86. The van der Waals surface area contributed by atoms with Crippen molar-refractivity contribution in [1.29, 1.82) is 0 Å². The van der Waals surface area contributed by atoms with E-state index in [0.717, 1.165) is 29.9 Å². The van der Waals surface area contributed by atoms with Gasteiger partial charge in [0.1, 0.15) is 11.9 Å². The van der Waals surface area contributed by atoms with Gasteiger partial charge >= 0.3 is 0 Å². The lowest BCUT2D eigenvalue weighted by Gasteiger charge is -2.18. The highest BCUT2D eigenvalue weighted by atomic mass is 16.2. The summed E-state index contributed by atoms with van der Waals surface area (Å²) < 4.78 is 0. The minimum Gasteiger partial charge on any atom is -0.357 e. The molecule has 0 radical (unpaired) electrons. The fraction of sp³-hybridized carbons (Fsp3) is 0.389. The van der Waals surface area contributed by atoms with Crippen molar-refractivity contribution in [3.05, 3.63) is 53.0 Å². The Balaban J connectivity index is 1.66. The Labute approximate surface area is 136 Å². The highest BCUT2D eigenvalue weighted by Gasteiger charge is 2.32. The molecule has 1 unspecified atom stereocenters. The zero-order chi connectivity index (χ0) is 16.4. The zero-order valence-electron chi connectivity index (χ0n) is 13.8. The van der Waals surface area contributed by atoms with Gasteiger partial charge in [-0.3, -0.25) is 9.78 Å². The van der Waals surface area contributed by atoms with Crippen LogP contribution in [0.5, 0.6) is 0 Å². The Hall–Kier alpha value is -2.43. The van der Waals surface area contributed by atoms with Crippen LogP contribution in [0, 0.1) is 20.8 Å². The molecule has 1 aromatic heterocycles. The third-order valence-corrected chi connectivity index (χ3v) is 4.18. The van der Waals surface area contributed by atoms with E-state index in [1.165, 1.54) is 5.56 Å². The lowest BCUT2D eigenvalue weighted by Crippen LogP contribution is -2.33. The van der Waals surface area contributed by atoms with Gasteiger partial charge in [0.05, 0.1) is 11.4 Å².